The highest BCUT2D eigenvalue weighted by Gasteiger charge is 2.05. The monoisotopic (exact) mass is 258 g/mol. The van der Waals surface area contributed by atoms with Crippen LogP contribution in [0.25, 0.3) is 11.0 Å². The number of likely N-dealkylation sites (N-methyl/N-ethyl adjacent to an activating group) is 1. The molecule has 0 radical (unpaired) electrons. The minimum atomic E-state index is 0.601. The zero-order chi connectivity index (χ0) is 13.7. The Kier molecular flexibility index (Phi) is 4.41. The summed E-state index contributed by atoms with van der Waals surface area (Å²) in [6.07, 6.45) is 4.25. The van der Waals surface area contributed by atoms with Crippen LogP contribution in [-0.2, 0) is 11.3 Å². The fraction of sp³-hybridized carbons (Fsp3) is 0.357. The predicted molar refractivity (Wildman–Crippen MR) is 74.6 cm³/mol. The summed E-state index contributed by atoms with van der Waals surface area (Å²) in [4.78, 5) is 23.4. The van der Waals surface area contributed by atoms with Gasteiger partial charge in [-0.2, -0.15) is 0 Å². The Bertz CT molecular complexity index is 556. The van der Waals surface area contributed by atoms with Gasteiger partial charge in [-0.3, -0.25) is 14.8 Å². The lowest BCUT2D eigenvalue weighted by Gasteiger charge is -2.19. The van der Waals surface area contributed by atoms with Crippen LogP contribution in [0.3, 0.4) is 0 Å². The number of rotatable bonds is 6. The quantitative estimate of drug-likeness (QED) is 0.729. The van der Waals surface area contributed by atoms with Gasteiger partial charge >= 0.3 is 0 Å². The molecule has 1 heterocycles. The number of amides is 1. The summed E-state index contributed by atoms with van der Waals surface area (Å²) < 4.78 is 0. The summed E-state index contributed by atoms with van der Waals surface area (Å²) in [5.74, 6) is 0. The van der Waals surface area contributed by atoms with Crippen molar-refractivity contribution in [3.05, 3.63) is 36.2 Å². The maximum Gasteiger partial charge on any atom is 0.210 e. The number of fused-ring (bicyclic) bond motifs is 1. The molecule has 0 aliphatic rings. The van der Waals surface area contributed by atoms with Gasteiger partial charge in [0.15, 0.2) is 0 Å². The van der Waals surface area contributed by atoms with Crippen molar-refractivity contribution in [2.24, 2.45) is 0 Å². The normalized spacial score (nSPS) is 10.9. The fourth-order valence-electron chi connectivity index (χ4n) is 1.84. The maximum atomic E-state index is 11.1. The summed E-state index contributed by atoms with van der Waals surface area (Å²) >= 11 is 0. The van der Waals surface area contributed by atoms with Crippen LogP contribution in [0.5, 0.6) is 0 Å². The molecule has 1 aromatic heterocycles. The van der Waals surface area contributed by atoms with Gasteiger partial charge in [0.1, 0.15) is 0 Å². The van der Waals surface area contributed by atoms with Gasteiger partial charge in [-0.05, 0) is 31.8 Å². The molecule has 2 aromatic rings. The van der Waals surface area contributed by atoms with Crippen LogP contribution in [0.1, 0.15) is 5.56 Å². The van der Waals surface area contributed by atoms with Crippen LogP contribution in [0.4, 0.5) is 0 Å². The van der Waals surface area contributed by atoms with Gasteiger partial charge in [-0.15, -0.1) is 0 Å². The average molecular weight is 258 g/mol. The molecule has 0 N–H and O–H groups in total. The van der Waals surface area contributed by atoms with E-state index in [0.717, 1.165) is 36.1 Å². The molecule has 100 valence electrons. The van der Waals surface area contributed by atoms with E-state index in [1.807, 2.05) is 32.3 Å². The number of hydrogen-bond acceptors (Lipinski definition) is 4. The summed E-state index contributed by atoms with van der Waals surface area (Å²) in [6.45, 7) is 2.17. The van der Waals surface area contributed by atoms with Crippen LogP contribution in [0, 0.1) is 0 Å². The van der Waals surface area contributed by atoms with Crippen molar-refractivity contribution in [3.63, 3.8) is 0 Å². The van der Waals surface area contributed by atoms with E-state index in [9.17, 15) is 4.79 Å². The van der Waals surface area contributed by atoms with Crippen molar-refractivity contribution in [2.75, 3.05) is 27.2 Å². The summed E-state index contributed by atoms with van der Waals surface area (Å²) in [5, 5.41) is 0. The number of hydrogen-bond donors (Lipinski definition) is 0. The van der Waals surface area contributed by atoms with E-state index in [0.29, 0.717) is 6.54 Å². The van der Waals surface area contributed by atoms with Crippen LogP contribution in [-0.4, -0.2) is 53.4 Å². The molecular formula is C14H18N4O. The van der Waals surface area contributed by atoms with E-state index in [1.54, 1.807) is 17.3 Å². The molecule has 1 aromatic carbocycles. The van der Waals surface area contributed by atoms with Crippen LogP contribution < -0.4 is 0 Å². The molecule has 0 spiro atoms. The zero-order valence-corrected chi connectivity index (χ0v) is 11.3. The van der Waals surface area contributed by atoms with E-state index in [1.165, 1.54) is 0 Å². The first-order valence-electron chi connectivity index (χ1n) is 6.23. The molecule has 0 fully saturated rings. The molecule has 0 bridgehead atoms. The second-order valence-corrected chi connectivity index (χ2v) is 4.76. The lowest BCUT2D eigenvalue weighted by atomic mass is 10.2. The Morgan fingerprint density at radius 3 is 2.53 bits per heavy atom. The van der Waals surface area contributed by atoms with E-state index in [-0.39, 0.29) is 0 Å². The lowest BCUT2D eigenvalue weighted by Crippen LogP contribution is -2.30. The van der Waals surface area contributed by atoms with Gasteiger partial charge < -0.3 is 9.80 Å². The number of carbonyl (C=O) groups excluding carboxylic acids is 1. The Hall–Kier alpha value is -2.01. The second kappa shape index (κ2) is 6.24. The number of nitrogens with zero attached hydrogens (tertiary/aromatic N) is 4. The molecule has 5 heteroatoms. The van der Waals surface area contributed by atoms with Crippen molar-refractivity contribution in [2.45, 2.75) is 6.54 Å². The third-order valence-corrected chi connectivity index (χ3v) is 2.90. The number of carbonyl (C=O) groups is 1. The van der Waals surface area contributed by atoms with Crippen molar-refractivity contribution in [1.82, 2.24) is 19.8 Å². The van der Waals surface area contributed by atoms with Crippen LogP contribution in [0.15, 0.2) is 30.6 Å². The summed E-state index contributed by atoms with van der Waals surface area (Å²) in [6, 6.07) is 5.91. The van der Waals surface area contributed by atoms with Crippen molar-refractivity contribution < 1.29 is 4.79 Å². The van der Waals surface area contributed by atoms with E-state index in [4.69, 9.17) is 0 Å². The van der Waals surface area contributed by atoms with Crippen molar-refractivity contribution in [3.8, 4) is 0 Å². The van der Waals surface area contributed by atoms with Gasteiger partial charge in [0.2, 0.25) is 6.41 Å². The highest BCUT2D eigenvalue weighted by molar-refractivity contribution is 5.74. The average Bonchev–Trinajstić information content (AvgIpc) is 2.43. The molecule has 2 rings (SSSR count). The van der Waals surface area contributed by atoms with E-state index >= 15 is 0 Å². The molecule has 0 saturated heterocycles. The minimum Gasteiger partial charge on any atom is -0.340 e. The Labute approximate surface area is 112 Å². The molecule has 19 heavy (non-hydrogen) atoms. The van der Waals surface area contributed by atoms with Crippen LogP contribution >= 0.6 is 0 Å². The first-order chi connectivity index (χ1) is 9.19. The highest BCUT2D eigenvalue weighted by atomic mass is 16.1. The SMILES string of the molecule is CN(C)CCN(C=O)Cc1ccc2nccnc2c1. The highest BCUT2D eigenvalue weighted by Crippen LogP contribution is 2.12. The van der Waals surface area contributed by atoms with Crippen LogP contribution in [0.2, 0.25) is 0 Å². The first kappa shape index (κ1) is 13.4. The molecule has 5 nitrogen and oxygen atoms in total. The number of aromatic nitrogens is 2. The molecule has 0 aliphatic heterocycles. The maximum absolute atomic E-state index is 11.1. The Balaban J connectivity index is 2.08. The smallest absolute Gasteiger partial charge is 0.210 e. The van der Waals surface area contributed by atoms with E-state index in [2.05, 4.69) is 14.9 Å². The van der Waals surface area contributed by atoms with Gasteiger partial charge in [-0.25, -0.2) is 0 Å². The molecule has 0 aliphatic carbocycles. The molecule has 0 unspecified atom stereocenters. The zero-order valence-electron chi connectivity index (χ0n) is 11.3. The van der Waals surface area contributed by atoms with Gasteiger partial charge in [0.25, 0.3) is 0 Å². The minimum absolute atomic E-state index is 0.601. The van der Waals surface area contributed by atoms with Crippen molar-refractivity contribution in [1.29, 1.82) is 0 Å². The van der Waals surface area contributed by atoms with E-state index < -0.39 is 0 Å². The van der Waals surface area contributed by atoms with Crippen molar-refractivity contribution >= 4 is 17.4 Å². The Morgan fingerprint density at radius 2 is 1.84 bits per heavy atom. The summed E-state index contributed by atoms with van der Waals surface area (Å²) in [7, 11) is 3.99. The third kappa shape index (κ3) is 3.72. The molecule has 0 saturated carbocycles. The largest absolute Gasteiger partial charge is 0.340 e. The Morgan fingerprint density at radius 1 is 1.11 bits per heavy atom. The third-order valence-electron chi connectivity index (χ3n) is 2.90. The lowest BCUT2D eigenvalue weighted by molar-refractivity contribution is -0.118. The van der Waals surface area contributed by atoms with Gasteiger partial charge in [-0.1, -0.05) is 6.07 Å². The number of benzene rings is 1. The fourth-order valence-corrected chi connectivity index (χ4v) is 1.84. The topological polar surface area (TPSA) is 49.3 Å². The van der Waals surface area contributed by atoms with Gasteiger partial charge in [0, 0.05) is 32.0 Å². The molecule has 0 atom stereocenters. The molecule has 1 amide bonds. The second-order valence-electron chi connectivity index (χ2n) is 4.76. The molecular weight excluding hydrogens is 240 g/mol. The predicted octanol–water partition coefficient (Wildman–Crippen LogP) is 1.15. The summed E-state index contributed by atoms with van der Waals surface area (Å²) in [5.41, 5.74) is 2.80. The first-order valence-corrected chi connectivity index (χ1v) is 6.23. The standard InChI is InChI=1S/C14H18N4O/c1-17(2)7-8-18(11-19)10-12-3-4-13-14(9-12)16-6-5-15-13/h3-6,9,11H,7-8,10H2,1-2H3. The van der Waals surface area contributed by atoms with Gasteiger partial charge in [0.05, 0.1) is 11.0 Å².